The fraction of sp³-hybridized carbons (Fsp3) is 0.900. The molecule has 3 fully saturated rings. The second-order valence-corrected chi connectivity index (χ2v) is 14.7. The van der Waals surface area contributed by atoms with Crippen LogP contribution in [-0.2, 0) is 23.4 Å². The van der Waals surface area contributed by atoms with E-state index in [-0.39, 0.29) is 35.4 Å². The number of hydrogen-bond donors (Lipinski definition) is 0. The van der Waals surface area contributed by atoms with Gasteiger partial charge in [-0.15, -0.1) is 0 Å². The molecular weight excluding hydrogens is 381 g/mol. The lowest BCUT2D eigenvalue weighted by molar-refractivity contribution is -0.169. The van der Waals surface area contributed by atoms with E-state index in [1.54, 1.807) is 0 Å². The zero-order valence-electron chi connectivity index (χ0n) is 18.3. The molecule has 6 nitrogen and oxygen atoms in total. The van der Waals surface area contributed by atoms with E-state index in [9.17, 15) is 0 Å². The molecule has 0 saturated carbocycles. The largest absolute Gasteiger partial charge is 0.484 e. The van der Waals surface area contributed by atoms with Crippen molar-refractivity contribution in [2.24, 2.45) is 0 Å². The maximum atomic E-state index is 15.1. The Hall–Kier alpha value is -0.513. The number of rotatable bonds is 5. The Balaban J connectivity index is 1.73. The first-order valence-electron chi connectivity index (χ1n) is 10.2. The van der Waals surface area contributed by atoms with Gasteiger partial charge in [0, 0.05) is 13.1 Å². The molecule has 3 rings (SSSR count). The van der Waals surface area contributed by atoms with E-state index < -0.39 is 20.2 Å². The van der Waals surface area contributed by atoms with Gasteiger partial charge >= 0.3 is 0 Å². The summed E-state index contributed by atoms with van der Waals surface area (Å²) >= 11 is 0. The standard InChI is InChI=1S/C20H36FNO5Si/c1-19(2,3)28(6,7)24-13-15-17-18(27-20(4,5)26-17)16(25-15)14(21)12-22-8-10-23-11-9-22/h15,17-18H,8-13H2,1-7H3/b16-14-/t15-,17-,18+/m1/s1. The molecule has 3 aliphatic heterocycles. The van der Waals surface area contributed by atoms with E-state index >= 15 is 4.39 Å². The second kappa shape index (κ2) is 7.96. The molecular formula is C20H36FNO5Si. The van der Waals surface area contributed by atoms with Crippen molar-refractivity contribution in [2.75, 3.05) is 39.5 Å². The topological polar surface area (TPSA) is 49.4 Å². The molecule has 3 aliphatic rings. The van der Waals surface area contributed by atoms with Gasteiger partial charge in [-0.1, -0.05) is 20.8 Å². The van der Waals surface area contributed by atoms with Gasteiger partial charge in [-0.3, -0.25) is 4.90 Å². The smallest absolute Gasteiger partial charge is 0.192 e. The highest BCUT2D eigenvalue weighted by molar-refractivity contribution is 6.74. The summed E-state index contributed by atoms with van der Waals surface area (Å²) in [5.41, 5.74) is 0. The second-order valence-electron chi connectivity index (χ2n) is 9.91. The Morgan fingerprint density at radius 2 is 1.86 bits per heavy atom. The van der Waals surface area contributed by atoms with Crippen molar-refractivity contribution < 1.29 is 27.8 Å². The van der Waals surface area contributed by atoms with Crippen LogP contribution in [0.25, 0.3) is 0 Å². The summed E-state index contributed by atoms with van der Waals surface area (Å²) in [4.78, 5) is 2.03. The Labute approximate surface area is 169 Å². The van der Waals surface area contributed by atoms with Gasteiger partial charge in [0.15, 0.2) is 31.8 Å². The third-order valence-electron chi connectivity index (χ3n) is 6.18. The summed E-state index contributed by atoms with van der Waals surface area (Å²) in [5.74, 6) is -0.780. The minimum Gasteiger partial charge on any atom is -0.484 e. The van der Waals surface area contributed by atoms with E-state index in [0.29, 0.717) is 19.8 Å². The van der Waals surface area contributed by atoms with Crippen molar-refractivity contribution in [1.29, 1.82) is 0 Å². The molecule has 8 heteroatoms. The zero-order valence-corrected chi connectivity index (χ0v) is 19.3. The molecule has 0 aromatic heterocycles. The summed E-state index contributed by atoms with van der Waals surface area (Å²) in [7, 11) is -1.94. The minimum absolute atomic E-state index is 0.0948. The lowest BCUT2D eigenvalue weighted by atomic mass is 10.1. The molecule has 0 bridgehead atoms. The van der Waals surface area contributed by atoms with Gasteiger partial charge in [0.05, 0.1) is 26.4 Å². The number of nitrogens with zero attached hydrogens (tertiary/aromatic N) is 1. The summed E-state index contributed by atoms with van der Waals surface area (Å²) in [6.45, 7) is 18.0. The molecule has 0 aromatic rings. The lowest BCUT2D eigenvalue weighted by Crippen LogP contribution is -2.44. The first-order valence-corrected chi connectivity index (χ1v) is 13.2. The Kier molecular flexibility index (Phi) is 6.31. The van der Waals surface area contributed by atoms with Crippen LogP contribution < -0.4 is 0 Å². The van der Waals surface area contributed by atoms with E-state index in [4.69, 9.17) is 23.4 Å². The molecule has 162 valence electrons. The lowest BCUT2D eigenvalue weighted by Gasteiger charge is -2.37. The predicted octanol–water partition coefficient (Wildman–Crippen LogP) is 3.44. The van der Waals surface area contributed by atoms with Crippen LogP contribution in [0.15, 0.2) is 11.6 Å². The zero-order chi connectivity index (χ0) is 20.7. The van der Waals surface area contributed by atoms with E-state index in [0.717, 1.165) is 13.1 Å². The maximum absolute atomic E-state index is 15.1. The highest BCUT2D eigenvalue weighted by Crippen LogP contribution is 2.43. The predicted molar refractivity (Wildman–Crippen MR) is 107 cm³/mol. The van der Waals surface area contributed by atoms with Crippen LogP contribution in [-0.4, -0.2) is 76.8 Å². The van der Waals surface area contributed by atoms with E-state index in [2.05, 4.69) is 33.9 Å². The minimum atomic E-state index is -1.94. The number of morpholine rings is 1. The molecule has 0 radical (unpaired) electrons. The van der Waals surface area contributed by atoms with Crippen LogP contribution in [0.3, 0.4) is 0 Å². The number of fused-ring (bicyclic) bond motifs is 1. The number of halogens is 1. The molecule has 3 heterocycles. The molecule has 0 aromatic carbocycles. The summed E-state index contributed by atoms with van der Waals surface area (Å²) in [5, 5.41) is 0.0948. The monoisotopic (exact) mass is 417 g/mol. The normalized spacial score (nSPS) is 32.9. The molecule has 0 N–H and O–H groups in total. The average molecular weight is 418 g/mol. The van der Waals surface area contributed by atoms with Crippen molar-refractivity contribution in [2.45, 2.75) is 76.8 Å². The molecule has 28 heavy (non-hydrogen) atoms. The highest BCUT2D eigenvalue weighted by Gasteiger charge is 2.55. The fourth-order valence-corrected chi connectivity index (χ4v) is 4.46. The van der Waals surface area contributed by atoms with Crippen LogP contribution in [0.1, 0.15) is 34.6 Å². The van der Waals surface area contributed by atoms with E-state index in [1.807, 2.05) is 18.7 Å². The summed E-state index contributed by atoms with van der Waals surface area (Å²) in [6, 6.07) is 0. The first-order chi connectivity index (χ1) is 12.9. The Morgan fingerprint density at radius 1 is 1.21 bits per heavy atom. The van der Waals surface area contributed by atoms with Crippen molar-refractivity contribution in [1.82, 2.24) is 4.90 Å². The van der Waals surface area contributed by atoms with Gasteiger partial charge in [0.1, 0.15) is 12.2 Å². The highest BCUT2D eigenvalue weighted by atomic mass is 28.4. The van der Waals surface area contributed by atoms with Crippen LogP contribution >= 0.6 is 0 Å². The van der Waals surface area contributed by atoms with Crippen LogP contribution in [0, 0.1) is 0 Å². The third-order valence-corrected chi connectivity index (χ3v) is 10.7. The van der Waals surface area contributed by atoms with Crippen molar-refractivity contribution in [3.8, 4) is 0 Å². The summed E-state index contributed by atoms with van der Waals surface area (Å²) in [6.07, 6.45) is -1.25. The van der Waals surface area contributed by atoms with E-state index in [1.165, 1.54) is 0 Å². The van der Waals surface area contributed by atoms with Crippen molar-refractivity contribution >= 4 is 8.32 Å². The molecule has 0 unspecified atom stereocenters. The molecule has 0 amide bonds. The van der Waals surface area contributed by atoms with Crippen molar-refractivity contribution in [3.05, 3.63) is 11.6 Å². The van der Waals surface area contributed by atoms with Crippen LogP contribution in [0.5, 0.6) is 0 Å². The fourth-order valence-electron chi connectivity index (χ4n) is 3.45. The first kappa shape index (κ1) is 22.2. The van der Waals surface area contributed by atoms with Gasteiger partial charge in [0.2, 0.25) is 0 Å². The average Bonchev–Trinajstić information content (AvgIpc) is 3.06. The Bertz CT molecular complexity index is 598. The molecule has 0 spiro atoms. The molecule has 0 aliphatic carbocycles. The number of ether oxygens (including phenoxy) is 4. The SMILES string of the molecule is CC1(C)O[C@@H]2[C@@H](CO[Si](C)(C)C(C)(C)C)O/C(=C(\F)CN3CCOCC3)[C@@H]2O1. The molecule has 3 atom stereocenters. The van der Waals surface area contributed by atoms with Gasteiger partial charge in [-0.25, -0.2) is 4.39 Å². The van der Waals surface area contributed by atoms with Crippen molar-refractivity contribution in [3.63, 3.8) is 0 Å². The maximum Gasteiger partial charge on any atom is 0.192 e. The summed E-state index contributed by atoms with van der Waals surface area (Å²) < 4.78 is 44.9. The van der Waals surface area contributed by atoms with Gasteiger partial charge in [-0.05, 0) is 32.0 Å². The van der Waals surface area contributed by atoms with Gasteiger partial charge in [0.25, 0.3) is 0 Å². The van der Waals surface area contributed by atoms with Crippen LogP contribution in [0.4, 0.5) is 4.39 Å². The quantitative estimate of drug-likeness (QED) is 0.639. The van der Waals surface area contributed by atoms with Crippen LogP contribution in [0.2, 0.25) is 18.1 Å². The molecule has 3 saturated heterocycles. The van der Waals surface area contributed by atoms with Gasteiger partial charge in [-0.2, -0.15) is 0 Å². The third kappa shape index (κ3) is 4.79. The van der Waals surface area contributed by atoms with Gasteiger partial charge < -0.3 is 23.4 Å². The number of hydrogen-bond acceptors (Lipinski definition) is 6. The Morgan fingerprint density at radius 3 is 2.46 bits per heavy atom.